The van der Waals surface area contributed by atoms with Crippen LogP contribution in [-0.2, 0) is 6.42 Å². The van der Waals surface area contributed by atoms with Crippen molar-refractivity contribution in [1.29, 1.82) is 0 Å². The van der Waals surface area contributed by atoms with Gasteiger partial charge in [0.1, 0.15) is 0 Å². The molecule has 1 N–H and O–H groups in total. The summed E-state index contributed by atoms with van der Waals surface area (Å²) in [4.78, 5) is 0. The van der Waals surface area contributed by atoms with E-state index in [0.717, 1.165) is 10.6 Å². The van der Waals surface area contributed by atoms with Crippen molar-refractivity contribution in [2.75, 3.05) is 0 Å². The Morgan fingerprint density at radius 3 is 2.50 bits per heavy atom. The van der Waals surface area contributed by atoms with E-state index in [2.05, 4.69) is 5.16 Å². The number of hydrogen-bond donors (Lipinski definition) is 1. The summed E-state index contributed by atoms with van der Waals surface area (Å²) in [5.41, 5.74) is 1.78. The number of benzene rings is 1. The molecule has 0 radical (unpaired) electrons. The number of nitrogens with zero attached hydrogens (tertiary/aromatic N) is 1. The van der Waals surface area contributed by atoms with Crippen molar-refractivity contribution < 1.29 is 5.21 Å². The van der Waals surface area contributed by atoms with E-state index < -0.39 is 0 Å². The highest BCUT2D eigenvalue weighted by molar-refractivity contribution is 6.30. The van der Waals surface area contributed by atoms with Gasteiger partial charge in [0.05, 0.1) is 5.71 Å². The van der Waals surface area contributed by atoms with Gasteiger partial charge >= 0.3 is 0 Å². The molecule has 12 heavy (non-hydrogen) atoms. The Kier molecular flexibility index (Phi) is 3.11. The van der Waals surface area contributed by atoms with Crippen LogP contribution in [0.15, 0.2) is 29.4 Å². The van der Waals surface area contributed by atoms with Crippen LogP contribution in [-0.4, -0.2) is 10.9 Å². The van der Waals surface area contributed by atoms with E-state index in [-0.39, 0.29) is 0 Å². The number of halogens is 1. The van der Waals surface area contributed by atoms with Crippen LogP contribution in [0, 0.1) is 0 Å². The maximum Gasteiger partial charge on any atom is 0.0583 e. The van der Waals surface area contributed by atoms with Gasteiger partial charge in [-0.25, -0.2) is 0 Å². The van der Waals surface area contributed by atoms with Gasteiger partial charge in [0.2, 0.25) is 0 Å². The molecule has 0 saturated heterocycles. The van der Waals surface area contributed by atoms with E-state index in [1.165, 1.54) is 0 Å². The quantitative estimate of drug-likeness (QED) is 0.427. The van der Waals surface area contributed by atoms with Crippen molar-refractivity contribution in [3.63, 3.8) is 0 Å². The summed E-state index contributed by atoms with van der Waals surface area (Å²) in [6.07, 6.45) is 0.660. The Bertz CT molecular complexity index is 279. The van der Waals surface area contributed by atoms with E-state index in [9.17, 15) is 0 Å². The lowest BCUT2D eigenvalue weighted by molar-refractivity contribution is 0.317. The van der Waals surface area contributed by atoms with Crippen LogP contribution < -0.4 is 0 Å². The smallest absolute Gasteiger partial charge is 0.0583 e. The summed E-state index contributed by atoms with van der Waals surface area (Å²) in [6.45, 7) is 1.77. The molecule has 0 spiro atoms. The molecule has 2 nitrogen and oxygen atoms in total. The van der Waals surface area contributed by atoms with Gasteiger partial charge in [0, 0.05) is 11.4 Å². The van der Waals surface area contributed by atoms with E-state index in [1.54, 1.807) is 6.92 Å². The van der Waals surface area contributed by atoms with Crippen LogP contribution in [0.3, 0.4) is 0 Å². The van der Waals surface area contributed by atoms with Crippen molar-refractivity contribution in [1.82, 2.24) is 0 Å². The molecule has 0 aliphatic rings. The van der Waals surface area contributed by atoms with E-state index in [0.29, 0.717) is 12.1 Å². The molecular weight excluding hydrogens is 174 g/mol. The lowest BCUT2D eigenvalue weighted by Gasteiger charge is -1.98. The summed E-state index contributed by atoms with van der Waals surface area (Å²) in [5.74, 6) is 0. The highest BCUT2D eigenvalue weighted by Crippen LogP contribution is 2.10. The molecule has 0 aliphatic carbocycles. The van der Waals surface area contributed by atoms with Crippen molar-refractivity contribution >= 4 is 17.3 Å². The minimum absolute atomic E-state index is 0.660. The highest BCUT2D eigenvalue weighted by atomic mass is 35.5. The molecule has 0 unspecified atom stereocenters. The average molecular weight is 184 g/mol. The Morgan fingerprint density at radius 2 is 2.00 bits per heavy atom. The zero-order valence-electron chi connectivity index (χ0n) is 6.79. The molecule has 0 atom stereocenters. The summed E-state index contributed by atoms with van der Waals surface area (Å²) < 4.78 is 0. The second-order valence-corrected chi connectivity index (χ2v) is 3.07. The molecule has 0 heterocycles. The third kappa shape index (κ3) is 2.55. The Balaban J connectivity index is 2.71. The van der Waals surface area contributed by atoms with Crippen LogP contribution in [0.5, 0.6) is 0 Å². The van der Waals surface area contributed by atoms with E-state index >= 15 is 0 Å². The molecule has 1 rings (SSSR count). The average Bonchev–Trinajstić information content (AvgIpc) is 2.09. The molecule has 0 amide bonds. The lowest BCUT2D eigenvalue weighted by atomic mass is 10.1. The molecule has 0 aliphatic heterocycles. The monoisotopic (exact) mass is 183 g/mol. The fourth-order valence-corrected chi connectivity index (χ4v) is 1.06. The van der Waals surface area contributed by atoms with E-state index in [4.69, 9.17) is 16.8 Å². The topological polar surface area (TPSA) is 32.6 Å². The normalized spacial score (nSPS) is 11.7. The summed E-state index contributed by atoms with van der Waals surface area (Å²) in [7, 11) is 0. The van der Waals surface area contributed by atoms with Crippen LogP contribution >= 0.6 is 11.6 Å². The largest absolute Gasteiger partial charge is 0.411 e. The molecular formula is C9H10ClNO. The zero-order valence-corrected chi connectivity index (χ0v) is 7.54. The molecule has 0 saturated carbocycles. The summed E-state index contributed by atoms with van der Waals surface area (Å²) >= 11 is 5.70. The Hall–Kier alpha value is -1.02. The van der Waals surface area contributed by atoms with Crippen LogP contribution in [0.1, 0.15) is 12.5 Å². The zero-order chi connectivity index (χ0) is 8.97. The predicted molar refractivity (Wildman–Crippen MR) is 50.1 cm³/mol. The molecule has 0 fully saturated rings. The second-order valence-electron chi connectivity index (χ2n) is 2.64. The van der Waals surface area contributed by atoms with Crippen LogP contribution in [0.2, 0.25) is 5.02 Å². The van der Waals surface area contributed by atoms with Gasteiger partial charge in [0.25, 0.3) is 0 Å². The van der Waals surface area contributed by atoms with Crippen LogP contribution in [0.4, 0.5) is 0 Å². The SMILES string of the molecule is C/C(Cc1ccc(Cl)cc1)=N/O. The Morgan fingerprint density at radius 1 is 1.42 bits per heavy atom. The molecule has 3 heteroatoms. The minimum atomic E-state index is 0.660. The number of oxime groups is 1. The van der Waals surface area contributed by atoms with Gasteiger partial charge in [-0.05, 0) is 24.6 Å². The van der Waals surface area contributed by atoms with Gasteiger partial charge in [0.15, 0.2) is 0 Å². The van der Waals surface area contributed by atoms with Gasteiger partial charge < -0.3 is 5.21 Å². The third-order valence-electron chi connectivity index (χ3n) is 1.54. The third-order valence-corrected chi connectivity index (χ3v) is 1.80. The maximum atomic E-state index is 8.41. The summed E-state index contributed by atoms with van der Waals surface area (Å²) in [6, 6.07) is 7.47. The summed E-state index contributed by atoms with van der Waals surface area (Å²) in [5, 5.41) is 12.2. The van der Waals surface area contributed by atoms with Gasteiger partial charge in [-0.15, -0.1) is 0 Å². The first kappa shape index (κ1) is 9.07. The first-order valence-electron chi connectivity index (χ1n) is 3.64. The maximum absolute atomic E-state index is 8.41. The predicted octanol–water partition coefficient (Wildman–Crippen LogP) is 2.73. The molecule has 0 bridgehead atoms. The van der Waals surface area contributed by atoms with Crippen molar-refractivity contribution in [3.8, 4) is 0 Å². The van der Waals surface area contributed by atoms with Gasteiger partial charge in [-0.1, -0.05) is 28.9 Å². The highest BCUT2D eigenvalue weighted by Gasteiger charge is 1.95. The van der Waals surface area contributed by atoms with Crippen molar-refractivity contribution in [3.05, 3.63) is 34.9 Å². The fraction of sp³-hybridized carbons (Fsp3) is 0.222. The van der Waals surface area contributed by atoms with Crippen molar-refractivity contribution in [2.24, 2.45) is 5.16 Å². The van der Waals surface area contributed by atoms with Gasteiger partial charge in [-0.2, -0.15) is 0 Å². The minimum Gasteiger partial charge on any atom is -0.411 e. The standard InChI is InChI=1S/C9H10ClNO/c1-7(11-12)6-8-2-4-9(10)5-3-8/h2-5,12H,6H2,1H3/b11-7-. The first-order valence-corrected chi connectivity index (χ1v) is 4.02. The van der Waals surface area contributed by atoms with Crippen LogP contribution in [0.25, 0.3) is 0 Å². The van der Waals surface area contributed by atoms with Crippen molar-refractivity contribution in [2.45, 2.75) is 13.3 Å². The second kappa shape index (κ2) is 4.12. The van der Waals surface area contributed by atoms with E-state index in [1.807, 2.05) is 24.3 Å². The molecule has 1 aromatic rings. The molecule has 0 aromatic heterocycles. The number of rotatable bonds is 2. The lowest BCUT2D eigenvalue weighted by Crippen LogP contribution is -1.96. The fourth-order valence-electron chi connectivity index (χ4n) is 0.933. The molecule has 1 aromatic carbocycles. The molecule has 64 valence electrons. The first-order chi connectivity index (χ1) is 5.72. The van der Waals surface area contributed by atoms with Gasteiger partial charge in [-0.3, -0.25) is 0 Å². The Labute approximate surface area is 76.5 Å². The number of hydrogen-bond acceptors (Lipinski definition) is 2.